The third kappa shape index (κ3) is 7.60. The van der Waals surface area contributed by atoms with E-state index in [0.717, 1.165) is 29.7 Å². The molecular weight excluding hydrogens is 366 g/mol. The molecule has 0 aliphatic rings. The Morgan fingerprint density at radius 3 is 2.31 bits per heavy atom. The van der Waals surface area contributed by atoms with Crippen molar-refractivity contribution in [2.45, 2.75) is 58.6 Å². The minimum Gasteiger partial charge on any atom is -0.489 e. The van der Waals surface area contributed by atoms with E-state index < -0.39 is 5.54 Å². The Kier molecular flexibility index (Phi) is 8.71. The maximum atomic E-state index is 11.8. The summed E-state index contributed by atoms with van der Waals surface area (Å²) in [5, 5.41) is 3.04. The monoisotopic (exact) mass is 397 g/mol. The number of benzene rings is 2. The van der Waals surface area contributed by atoms with Crippen molar-refractivity contribution < 1.29 is 19.1 Å². The molecule has 5 nitrogen and oxygen atoms in total. The maximum absolute atomic E-state index is 11.8. The zero-order valence-corrected chi connectivity index (χ0v) is 17.6. The lowest BCUT2D eigenvalue weighted by atomic mass is 9.87. The summed E-state index contributed by atoms with van der Waals surface area (Å²) in [6.07, 6.45) is 2.95. The van der Waals surface area contributed by atoms with Gasteiger partial charge in [0.1, 0.15) is 19.0 Å². The number of rotatable bonds is 11. The molecule has 0 bridgehead atoms. The van der Waals surface area contributed by atoms with E-state index >= 15 is 0 Å². The number of esters is 1. The van der Waals surface area contributed by atoms with Crippen molar-refractivity contribution in [3.63, 3.8) is 0 Å². The van der Waals surface area contributed by atoms with E-state index in [0.29, 0.717) is 19.4 Å². The summed E-state index contributed by atoms with van der Waals surface area (Å²) in [7, 11) is 0. The molecule has 1 atom stereocenters. The minimum atomic E-state index is -0.585. The van der Waals surface area contributed by atoms with Crippen LogP contribution in [-0.2, 0) is 27.4 Å². The Balaban J connectivity index is 2.12. The first kappa shape index (κ1) is 22.5. The van der Waals surface area contributed by atoms with E-state index in [4.69, 9.17) is 9.47 Å². The number of carbonyl (C=O) groups excluding carboxylic acids is 2. The third-order valence-electron chi connectivity index (χ3n) is 4.80. The van der Waals surface area contributed by atoms with Gasteiger partial charge in [-0.05, 0) is 36.5 Å². The van der Waals surface area contributed by atoms with Gasteiger partial charge in [-0.1, -0.05) is 61.9 Å². The Morgan fingerprint density at radius 1 is 0.966 bits per heavy atom. The number of amides is 1. The van der Waals surface area contributed by atoms with Gasteiger partial charge in [0.2, 0.25) is 5.91 Å². The molecule has 0 saturated heterocycles. The molecule has 1 amide bonds. The summed E-state index contributed by atoms with van der Waals surface area (Å²) in [5.41, 5.74) is 1.59. The van der Waals surface area contributed by atoms with Gasteiger partial charge in [0, 0.05) is 13.8 Å². The van der Waals surface area contributed by atoms with E-state index in [1.807, 2.05) is 54.6 Å². The summed E-state index contributed by atoms with van der Waals surface area (Å²) in [6, 6.07) is 18.0. The molecular formula is C24H31NO4. The largest absolute Gasteiger partial charge is 0.489 e. The topological polar surface area (TPSA) is 64.6 Å². The summed E-state index contributed by atoms with van der Waals surface area (Å²) in [6.45, 7) is 5.60. The molecule has 0 spiro atoms. The first-order valence-electron chi connectivity index (χ1n) is 10.1. The Bertz CT molecular complexity index is 790. The van der Waals surface area contributed by atoms with Crippen molar-refractivity contribution in [2.75, 3.05) is 6.61 Å². The van der Waals surface area contributed by atoms with Crippen LogP contribution in [0.3, 0.4) is 0 Å². The molecule has 0 aromatic heterocycles. The van der Waals surface area contributed by atoms with Crippen LogP contribution in [0.4, 0.5) is 0 Å². The van der Waals surface area contributed by atoms with Crippen molar-refractivity contribution in [1.29, 1.82) is 0 Å². The maximum Gasteiger partial charge on any atom is 0.302 e. The van der Waals surface area contributed by atoms with Crippen molar-refractivity contribution in [3.05, 3.63) is 65.7 Å². The van der Waals surface area contributed by atoms with Gasteiger partial charge in [-0.2, -0.15) is 0 Å². The van der Waals surface area contributed by atoms with Crippen LogP contribution >= 0.6 is 0 Å². The predicted octanol–water partition coefficient (Wildman–Crippen LogP) is 4.44. The first-order valence-corrected chi connectivity index (χ1v) is 10.1. The first-order chi connectivity index (χ1) is 13.9. The van der Waals surface area contributed by atoms with Crippen LogP contribution in [0.15, 0.2) is 54.6 Å². The fraction of sp³-hybridized carbons (Fsp3) is 0.417. The second-order valence-corrected chi connectivity index (χ2v) is 7.37. The molecule has 1 N–H and O–H groups in total. The number of para-hydroxylation sites is 1. The Labute approximate surface area is 173 Å². The average Bonchev–Trinajstić information content (AvgIpc) is 2.70. The van der Waals surface area contributed by atoms with E-state index in [-0.39, 0.29) is 18.5 Å². The van der Waals surface area contributed by atoms with E-state index in [9.17, 15) is 9.59 Å². The molecule has 5 heteroatoms. The normalized spacial score (nSPS) is 12.7. The van der Waals surface area contributed by atoms with Gasteiger partial charge in [-0.3, -0.25) is 9.59 Å². The molecule has 1 unspecified atom stereocenters. The molecule has 156 valence electrons. The quantitative estimate of drug-likeness (QED) is 0.570. The van der Waals surface area contributed by atoms with Crippen LogP contribution in [0.2, 0.25) is 0 Å². The highest BCUT2D eigenvalue weighted by molar-refractivity contribution is 5.74. The zero-order valence-electron chi connectivity index (χ0n) is 17.6. The predicted molar refractivity (Wildman–Crippen MR) is 114 cm³/mol. The number of carbonyl (C=O) groups is 2. The lowest BCUT2D eigenvalue weighted by Gasteiger charge is -2.34. The summed E-state index contributed by atoms with van der Waals surface area (Å²) in [5.74, 6) is 0.360. The third-order valence-corrected chi connectivity index (χ3v) is 4.80. The van der Waals surface area contributed by atoms with Gasteiger partial charge in [0.05, 0.1) is 5.54 Å². The molecule has 0 aliphatic heterocycles. The van der Waals surface area contributed by atoms with Gasteiger partial charge in [-0.15, -0.1) is 0 Å². The highest BCUT2D eigenvalue weighted by Gasteiger charge is 2.31. The smallest absolute Gasteiger partial charge is 0.302 e. The van der Waals surface area contributed by atoms with E-state index in [2.05, 4.69) is 12.2 Å². The Hall–Kier alpha value is -2.82. The van der Waals surface area contributed by atoms with Gasteiger partial charge in [0.15, 0.2) is 0 Å². The fourth-order valence-electron chi connectivity index (χ4n) is 3.48. The van der Waals surface area contributed by atoms with Crippen molar-refractivity contribution in [3.8, 4) is 5.75 Å². The van der Waals surface area contributed by atoms with Gasteiger partial charge < -0.3 is 14.8 Å². The molecule has 2 aromatic rings. The Morgan fingerprint density at radius 2 is 1.66 bits per heavy atom. The number of hydrogen-bond donors (Lipinski definition) is 1. The highest BCUT2D eigenvalue weighted by atomic mass is 16.5. The van der Waals surface area contributed by atoms with Crippen LogP contribution < -0.4 is 10.1 Å². The van der Waals surface area contributed by atoms with Crippen molar-refractivity contribution >= 4 is 11.9 Å². The highest BCUT2D eigenvalue weighted by Crippen LogP contribution is 2.26. The standard InChI is InChI=1S/C24H31NO4/c1-4-15-24(25-19(2)26,18-29-20(3)27)16-14-22-12-8-9-13-23(22)28-17-21-10-6-5-7-11-21/h5-13H,4,14-18H2,1-3H3,(H,25,26). The zero-order chi connectivity index (χ0) is 21.1. The van der Waals surface area contributed by atoms with Gasteiger partial charge >= 0.3 is 5.97 Å². The molecule has 2 rings (SSSR count). The molecule has 0 saturated carbocycles. The number of hydrogen-bond acceptors (Lipinski definition) is 4. The van der Waals surface area contributed by atoms with Crippen LogP contribution in [0.1, 0.15) is 51.2 Å². The van der Waals surface area contributed by atoms with Crippen LogP contribution in [0.25, 0.3) is 0 Å². The fourth-order valence-corrected chi connectivity index (χ4v) is 3.48. The SMILES string of the molecule is CCCC(CCc1ccccc1OCc1ccccc1)(COC(C)=O)NC(C)=O. The van der Waals surface area contributed by atoms with Gasteiger partial charge in [-0.25, -0.2) is 0 Å². The lowest BCUT2D eigenvalue weighted by molar-refractivity contribution is -0.144. The van der Waals surface area contributed by atoms with Crippen LogP contribution in [-0.4, -0.2) is 24.0 Å². The summed E-state index contributed by atoms with van der Waals surface area (Å²) in [4.78, 5) is 23.2. The van der Waals surface area contributed by atoms with E-state index in [1.165, 1.54) is 13.8 Å². The number of nitrogens with one attached hydrogen (secondary N) is 1. The van der Waals surface area contributed by atoms with Crippen molar-refractivity contribution in [2.24, 2.45) is 0 Å². The molecule has 0 heterocycles. The second-order valence-electron chi connectivity index (χ2n) is 7.37. The summed E-state index contributed by atoms with van der Waals surface area (Å²) >= 11 is 0. The summed E-state index contributed by atoms with van der Waals surface area (Å²) < 4.78 is 11.4. The molecule has 0 fully saturated rings. The van der Waals surface area contributed by atoms with E-state index in [1.54, 1.807) is 0 Å². The minimum absolute atomic E-state index is 0.126. The van der Waals surface area contributed by atoms with Crippen LogP contribution in [0.5, 0.6) is 5.75 Å². The average molecular weight is 398 g/mol. The molecule has 2 aromatic carbocycles. The van der Waals surface area contributed by atoms with Gasteiger partial charge in [0.25, 0.3) is 0 Å². The molecule has 29 heavy (non-hydrogen) atoms. The lowest BCUT2D eigenvalue weighted by Crippen LogP contribution is -2.52. The second kappa shape index (κ2) is 11.2. The van der Waals surface area contributed by atoms with Crippen molar-refractivity contribution in [1.82, 2.24) is 5.32 Å². The molecule has 0 aliphatic carbocycles. The number of aryl methyl sites for hydroxylation is 1. The number of ether oxygens (including phenoxy) is 2. The van der Waals surface area contributed by atoms with Crippen LogP contribution in [0, 0.1) is 0 Å². The molecule has 0 radical (unpaired) electrons.